The first-order valence-electron chi connectivity index (χ1n) is 16.1. The first-order valence-corrected chi connectivity index (χ1v) is 16.1. The van der Waals surface area contributed by atoms with Gasteiger partial charge in [-0.15, -0.1) is 0 Å². The number of ether oxygens (including phenoxy) is 2. The van der Waals surface area contributed by atoms with Gasteiger partial charge in [-0.1, -0.05) is 135 Å². The normalized spacial score (nSPS) is 9.74. The van der Waals surface area contributed by atoms with Crippen LogP contribution < -0.4 is 5.32 Å². The minimum absolute atomic E-state index is 0.136. The molecule has 0 aliphatic rings. The summed E-state index contributed by atoms with van der Waals surface area (Å²) in [7, 11) is 0. The van der Waals surface area contributed by atoms with Crippen LogP contribution in [0.25, 0.3) is 0 Å². The smallest absolute Gasteiger partial charge is 0.407 e. The zero-order valence-electron chi connectivity index (χ0n) is 26.1. The Kier molecular flexibility index (Phi) is 35.9. The number of alkyl carbamates (subject to hydrolysis) is 1. The molecule has 0 radical (unpaired) electrons. The standard InChI is InChI=1S/C25H44.C9H17NO4/c1-3-5-7-9-11-13-15-17-19-21-23-25-24-22-20-18-16-14-12-10-8-6-4-2;1-3-5-6-14-8(11)7-10-9(12)13-4-2/h3-19,21,23H2,1-2H3;3-7H2,1-2H3,(H,10,12). The van der Waals surface area contributed by atoms with Gasteiger partial charge in [0, 0.05) is 12.8 Å². The highest BCUT2D eigenvalue weighted by molar-refractivity contribution is 5.77. The van der Waals surface area contributed by atoms with E-state index in [0.29, 0.717) is 6.61 Å². The van der Waals surface area contributed by atoms with E-state index in [-0.39, 0.29) is 13.2 Å². The van der Waals surface area contributed by atoms with E-state index in [0.717, 1.165) is 25.7 Å². The quantitative estimate of drug-likeness (QED) is 0.0786. The maximum Gasteiger partial charge on any atom is 0.407 e. The summed E-state index contributed by atoms with van der Waals surface area (Å²) in [5, 5.41) is 2.27. The van der Waals surface area contributed by atoms with Crippen molar-refractivity contribution in [2.75, 3.05) is 19.8 Å². The summed E-state index contributed by atoms with van der Waals surface area (Å²) in [6, 6.07) is 0. The van der Waals surface area contributed by atoms with Crippen LogP contribution in [0, 0.1) is 23.7 Å². The number of hydrogen-bond donors (Lipinski definition) is 1. The van der Waals surface area contributed by atoms with E-state index in [1.807, 2.05) is 6.92 Å². The lowest BCUT2D eigenvalue weighted by molar-refractivity contribution is -0.142. The Morgan fingerprint density at radius 3 is 1.36 bits per heavy atom. The van der Waals surface area contributed by atoms with Crippen molar-refractivity contribution >= 4 is 12.1 Å². The molecule has 5 heteroatoms. The molecule has 0 aliphatic heterocycles. The predicted octanol–water partition coefficient (Wildman–Crippen LogP) is 9.52. The fraction of sp³-hybridized carbons (Fsp3) is 0.824. The van der Waals surface area contributed by atoms with Gasteiger partial charge >= 0.3 is 12.1 Å². The van der Waals surface area contributed by atoms with E-state index in [1.165, 1.54) is 109 Å². The van der Waals surface area contributed by atoms with Crippen molar-refractivity contribution in [2.45, 2.75) is 163 Å². The second-order valence-corrected chi connectivity index (χ2v) is 10.1. The van der Waals surface area contributed by atoms with Crippen LogP contribution in [0.2, 0.25) is 0 Å². The lowest BCUT2D eigenvalue weighted by Gasteiger charge is -2.05. The molecule has 0 atom stereocenters. The zero-order chi connectivity index (χ0) is 29.1. The van der Waals surface area contributed by atoms with Crippen LogP contribution in [-0.2, 0) is 14.3 Å². The minimum atomic E-state index is -0.597. The molecule has 226 valence electrons. The van der Waals surface area contributed by atoms with E-state index in [9.17, 15) is 9.59 Å². The molecular weight excluding hydrogens is 486 g/mol. The molecule has 39 heavy (non-hydrogen) atoms. The molecule has 0 unspecified atom stereocenters. The van der Waals surface area contributed by atoms with Gasteiger partial charge in [-0.2, -0.15) is 0 Å². The lowest BCUT2D eigenvalue weighted by atomic mass is 10.1. The summed E-state index contributed by atoms with van der Waals surface area (Å²) in [5.74, 6) is 12.0. The average Bonchev–Trinajstić information content (AvgIpc) is 2.93. The second-order valence-electron chi connectivity index (χ2n) is 10.1. The molecule has 5 nitrogen and oxygen atoms in total. The van der Waals surface area contributed by atoms with Crippen molar-refractivity contribution in [2.24, 2.45) is 0 Å². The van der Waals surface area contributed by atoms with E-state index >= 15 is 0 Å². The maximum atomic E-state index is 10.9. The summed E-state index contributed by atoms with van der Waals surface area (Å²) in [4.78, 5) is 21.7. The third-order valence-corrected chi connectivity index (χ3v) is 6.21. The fourth-order valence-electron chi connectivity index (χ4n) is 3.79. The molecule has 0 spiro atoms. The van der Waals surface area contributed by atoms with Crippen LogP contribution in [-0.4, -0.2) is 31.8 Å². The molecule has 0 aromatic carbocycles. The highest BCUT2D eigenvalue weighted by atomic mass is 16.6. The van der Waals surface area contributed by atoms with Crippen LogP contribution in [0.4, 0.5) is 4.79 Å². The largest absolute Gasteiger partial charge is 0.464 e. The van der Waals surface area contributed by atoms with Gasteiger partial charge in [-0.3, -0.25) is 4.79 Å². The van der Waals surface area contributed by atoms with Gasteiger partial charge in [0.1, 0.15) is 6.54 Å². The Balaban J connectivity index is 0. The van der Waals surface area contributed by atoms with Gasteiger partial charge < -0.3 is 14.8 Å². The molecular formula is C34H61NO4. The summed E-state index contributed by atoms with van der Waals surface area (Å²) in [6.45, 7) is 8.81. The third kappa shape index (κ3) is 38.1. The SMILES string of the molecule is CCCCCCCCCC#CC#CCCCCCCCCCCCC.CCCCOC(=O)CNC(=O)OCC. The van der Waals surface area contributed by atoms with Crippen molar-refractivity contribution in [1.29, 1.82) is 0 Å². The minimum Gasteiger partial charge on any atom is -0.464 e. The number of amides is 1. The molecule has 1 N–H and O–H groups in total. The third-order valence-electron chi connectivity index (χ3n) is 6.21. The van der Waals surface area contributed by atoms with Crippen LogP contribution in [0.15, 0.2) is 0 Å². The van der Waals surface area contributed by atoms with Crippen LogP contribution in [0.3, 0.4) is 0 Å². The Hall–Kier alpha value is -2.14. The Morgan fingerprint density at radius 1 is 0.538 bits per heavy atom. The topological polar surface area (TPSA) is 64.6 Å². The van der Waals surface area contributed by atoms with E-state index in [2.05, 4.69) is 47.6 Å². The molecule has 0 rings (SSSR count). The Bertz CT molecular complexity index is 654. The fourth-order valence-corrected chi connectivity index (χ4v) is 3.79. The maximum absolute atomic E-state index is 10.9. The van der Waals surface area contributed by atoms with Gasteiger partial charge in [0.2, 0.25) is 0 Å². The molecule has 0 aromatic rings. The number of unbranched alkanes of at least 4 members (excludes halogenated alkanes) is 18. The highest BCUT2D eigenvalue weighted by Gasteiger charge is 2.05. The molecule has 0 aliphatic carbocycles. The number of esters is 1. The highest BCUT2D eigenvalue weighted by Crippen LogP contribution is 2.11. The molecule has 0 bridgehead atoms. The van der Waals surface area contributed by atoms with Gasteiger partial charge in [0.05, 0.1) is 13.2 Å². The van der Waals surface area contributed by atoms with Crippen LogP contribution >= 0.6 is 0 Å². The summed E-state index contributed by atoms with van der Waals surface area (Å²) >= 11 is 0. The molecule has 0 saturated carbocycles. The number of carbonyl (C=O) groups excluding carboxylic acids is 2. The van der Waals surface area contributed by atoms with E-state index < -0.39 is 12.1 Å². The number of rotatable bonds is 23. The monoisotopic (exact) mass is 547 g/mol. The van der Waals surface area contributed by atoms with Crippen molar-refractivity contribution in [3.05, 3.63) is 0 Å². The van der Waals surface area contributed by atoms with Crippen molar-refractivity contribution in [3.8, 4) is 23.7 Å². The van der Waals surface area contributed by atoms with Crippen molar-refractivity contribution in [3.63, 3.8) is 0 Å². The van der Waals surface area contributed by atoms with E-state index in [1.54, 1.807) is 6.92 Å². The molecule has 0 saturated heterocycles. The van der Waals surface area contributed by atoms with Crippen LogP contribution in [0.1, 0.15) is 163 Å². The van der Waals surface area contributed by atoms with Gasteiger partial charge in [-0.25, -0.2) is 4.79 Å². The molecule has 1 amide bonds. The predicted molar refractivity (Wildman–Crippen MR) is 166 cm³/mol. The van der Waals surface area contributed by atoms with Gasteiger partial charge in [-0.05, 0) is 38.0 Å². The summed E-state index contributed by atoms with van der Waals surface area (Å²) < 4.78 is 9.36. The Labute approximate surface area is 242 Å². The molecule has 0 aromatic heterocycles. The summed E-state index contributed by atoms with van der Waals surface area (Å²) in [6.07, 6.45) is 26.7. The Morgan fingerprint density at radius 2 is 0.949 bits per heavy atom. The average molecular weight is 548 g/mol. The molecule has 0 fully saturated rings. The number of nitrogens with one attached hydrogen (secondary N) is 1. The number of hydrogen-bond acceptors (Lipinski definition) is 4. The second kappa shape index (κ2) is 35.9. The summed E-state index contributed by atoms with van der Waals surface area (Å²) in [5.41, 5.74) is 0. The van der Waals surface area contributed by atoms with Gasteiger partial charge in [0.25, 0.3) is 0 Å². The van der Waals surface area contributed by atoms with Crippen molar-refractivity contribution in [1.82, 2.24) is 5.32 Å². The van der Waals surface area contributed by atoms with Crippen LogP contribution in [0.5, 0.6) is 0 Å². The first-order chi connectivity index (χ1) is 19.1. The van der Waals surface area contributed by atoms with E-state index in [4.69, 9.17) is 4.74 Å². The zero-order valence-corrected chi connectivity index (χ0v) is 26.1. The first kappa shape index (κ1) is 39.0. The van der Waals surface area contributed by atoms with Crippen molar-refractivity contribution < 1.29 is 19.1 Å². The molecule has 0 heterocycles. The lowest BCUT2D eigenvalue weighted by Crippen LogP contribution is -2.31. The number of carbonyl (C=O) groups is 2. The van der Waals surface area contributed by atoms with Gasteiger partial charge in [0.15, 0.2) is 0 Å².